The van der Waals surface area contributed by atoms with E-state index in [-0.39, 0.29) is 6.61 Å². The Bertz CT molecular complexity index is 359. The zero-order chi connectivity index (χ0) is 13.8. The minimum atomic E-state index is -3.07. The van der Waals surface area contributed by atoms with Crippen molar-refractivity contribution >= 4 is 27.7 Å². The smallest absolute Gasteiger partial charge is 0.248 e. The van der Waals surface area contributed by atoms with Gasteiger partial charge in [-0.2, -0.15) is 0 Å². The van der Waals surface area contributed by atoms with Gasteiger partial charge in [-0.3, -0.25) is 0 Å². The highest BCUT2D eigenvalue weighted by atomic mass is 31.2. The molecule has 0 aromatic carbocycles. The molecule has 1 heterocycles. The normalized spacial score (nSPS) is 30.9. The molecule has 4 unspecified atom stereocenters. The molecule has 0 aromatic rings. The van der Waals surface area contributed by atoms with Gasteiger partial charge < -0.3 is 32.6 Å². The Hall–Kier alpha value is 0.320. The van der Waals surface area contributed by atoms with Crippen LogP contribution in [0.25, 0.3) is 0 Å². The molecule has 0 amide bonds. The Morgan fingerprint density at radius 2 is 1.83 bits per heavy atom. The number of rotatable bonds is 7. The summed E-state index contributed by atoms with van der Waals surface area (Å²) in [6, 6.07) is 0. The van der Waals surface area contributed by atoms with E-state index in [0.717, 1.165) is 0 Å². The maximum Gasteiger partial charge on any atom is 0.248 e. The second-order valence-electron chi connectivity index (χ2n) is 3.78. The molecule has 0 bridgehead atoms. The van der Waals surface area contributed by atoms with E-state index in [1.54, 1.807) is 0 Å². The minimum Gasteiger partial charge on any atom is -0.373 e. The molecule has 18 heavy (non-hydrogen) atoms. The van der Waals surface area contributed by atoms with E-state index in [1.807, 2.05) is 0 Å². The van der Waals surface area contributed by atoms with E-state index >= 15 is 0 Å². The Morgan fingerprint density at radius 3 is 2.39 bits per heavy atom. The van der Waals surface area contributed by atoms with Crippen molar-refractivity contribution in [2.75, 3.05) is 27.4 Å². The van der Waals surface area contributed by atoms with Gasteiger partial charge in [0, 0.05) is 27.2 Å². The zero-order valence-corrected chi connectivity index (χ0v) is 12.3. The lowest BCUT2D eigenvalue weighted by Gasteiger charge is -2.25. The Morgan fingerprint density at radius 1 is 1.22 bits per heavy atom. The van der Waals surface area contributed by atoms with E-state index in [9.17, 15) is 9.79 Å². The van der Waals surface area contributed by atoms with Crippen molar-refractivity contribution in [2.45, 2.75) is 18.6 Å². The first-order chi connectivity index (χ1) is 8.29. The number of hydrogen-bond acceptors (Lipinski definition) is 7. The minimum absolute atomic E-state index is 0.0655. The van der Waals surface area contributed by atoms with Gasteiger partial charge in [0.15, 0.2) is 0 Å². The van der Waals surface area contributed by atoms with Crippen LogP contribution in [0.15, 0.2) is 0 Å². The summed E-state index contributed by atoms with van der Waals surface area (Å²) >= 11 is 0. The third-order valence-electron chi connectivity index (χ3n) is 2.46. The van der Waals surface area contributed by atoms with Crippen LogP contribution in [-0.2, 0) is 22.8 Å². The first-order valence-electron chi connectivity index (χ1n) is 5.28. The summed E-state index contributed by atoms with van der Waals surface area (Å²) in [6.45, 7) is 0.541. The van der Waals surface area contributed by atoms with Gasteiger partial charge in [-0.15, -0.1) is 0 Å². The average molecular weight is 302 g/mol. The highest BCUT2D eigenvalue weighted by Gasteiger charge is 2.33. The molecule has 1 aliphatic heterocycles. The molecule has 0 aromatic heterocycles. The number of hydrogen-bond donors (Lipinski definition) is 2. The second kappa shape index (κ2) is 6.66. The third kappa shape index (κ3) is 5.13. The lowest BCUT2D eigenvalue weighted by molar-refractivity contribution is 0.00998. The van der Waals surface area contributed by atoms with Crippen LogP contribution in [0.1, 0.15) is 6.42 Å². The molecule has 0 saturated carbocycles. The van der Waals surface area contributed by atoms with Crippen molar-refractivity contribution in [3.05, 3.63) is 0 Å². The van der Waals surface area contributed by atoms with Crippen molar-refractivity contribution in [2.24, 2.45) is 0 Å². The maximum atomic E-state index is 9.66. The summed E-state index contributed by atoms with van der Waals surface area (Å²) in [5.41, 5.74) is 0. The summed E-state index contributed by atoms with van der Waals surface area (Å²) in [5.74, 6) is 0. The fraction of sp³-hybridized carbons (Fsp3) is 0.778. The molecule has 0 radical (unpaired) electrons. The van der Waals surface area contributed by atoms with Crippen molar-refractivity contribution in [3.8, 4) is 0 Å². The van der Waals surface area contributed by atoms with Crippen LogP contribution in [-0.4, -0.2) is 62.0 Å². The van der Waals surface area contributed by atoms with Crippen LogP contribution >= 0.6 is 15.1 Å². The molecule has 108 valence electrons. The molecule has 0 spiro atoms. The van der Waals surface area contributed by atoms with Crippen LogP contribution in [0.3, 0.4) is 0 Å². The number of ether oxygens (including phenoxy) is 1. The van der Waals surface area contributed by atoms with Crippen LogP contribution in [0.4, 0.5) is 0 Å². The third-order valence-corrected chi connectivity index (χ3v) is 4.75. The molecule has 0 aliphatic carbocycles. The van der Waals surface area contributed by atoms with Crippen molar-refractivity contribution < 1.29 is 32.6 Å². The lowest BCUT2D eigenvalue weighted by atomic mass is 10.2. The first kappa shape index (κ1) is 16.4. The first-order valence-corrected chi connectivity index (χ1v) is 8.80. The van der Waals surface area contributed by atoms with E-state index in [2.05, 4.69) is 12.6 Å². The standard InChI is InChI=1S/C9H20O7P2/c1-12-17(3,10)15-7-9-8(5-6-14-9)16-18(4,11)13-2/h8-11H,3-7H2,1-2H3. The molecule has 9 heteroatoms. The zero-order valence-electron chi connectivity index (χ0n) is 10.5. The monoisotopic (exact) mass is 302 g/mol. The van der Waals surface area contributed by atoms with E-state index < -0.39 is 27.3 Å². The van der Waals surface area contributed by atoms with Gasteiger partial charge in [-0.05, 0) is 12.6 Å². The van der Waals surface area contributed by atoms with E-state index in [4.69, 9.17) is 22.8 Å². The van der Waals surface area contributed by atoms with Gasteiger partial charge in [0.1, 0.15) is 6.10 Å². The molecule has 2 N–H and O–H groups in total. The topological polar surface area (TPSA) is 86.6 Å². The van der Waals surface area contributed by atoms with Crippen LogP contribution in [0, 0.1) is 0 Å². The van der Waals surface area contributed by atoms with Gasteiger partial charge in [0.05, 0.1) is 12.7 Å². The van der Waals surface area contributed by atoms with Crippen molar-refractivity contribution in [3.63, 3.8) is 0 Å². The fourth-order valence-electron chi connectivity index (χ4n) is 1.40. The van der Waals surface area contributed by atoms with Crippen LogP contribution in [0.2, 0.25) is 0 Å². The lowest BCUT2D eigenvalue weighted by Crippen LogP contribution is -2.28. The van der Waals surface area contributed by atoms with Crippen molar-refractivity contribution in [1.82, 2.24) is 0 Å². The van der Waals surface area contributed by atoms with Gasteiger partial charge in [0.2, 0.25) is 15.1 Å². The van der Waals surface area contributed by atoms with Gasteiger partial charge in [0.25, 0.3) is 0 Å². The highest BCUT2D eigenvalue weighted by Crippen LogP contribution is 2.46. The second-order valence-corrected chi connectivity index (χ2v) is 7.53. The summed E-state index contributed by atoms with van der Waals surface area (Å²) in [7, 11) is -3.47. The molecular formula is C9H20O7P2. The summed E-state index contributed by atoms with van der Waals surface area (Å²) in [6.07, 6.45) is 6.65. The molecule has 1 saturated heterocycles. The molecule has 1 fully saturated rings. The van der Waals surface area contributed by atoms with E-state index in [1.165, 1.54) is 14.2 Å². The Balaban J connectivity index is 2.50. The quantitative estimate of drug-likeness (QED) is 0.674. The Labute approximate surface area is 107 Å². The van der Waals surface area contributed by atoms with Gasteiger partial charge in [-0.1, -0.05) is 0 Å². The molecule has 7 nitrogen and oxygen atoms in total. The summed E-state index contributed by atoms with van der Waals surface area (Å²) in [4.78, 5) is 19.2. The Kier molecular flexibility index (Phi) is 6.06. The highest BCUT2D eigenvalue weighted by molar-refractivity contribution is 7.58. The fourth-order valence-corrected chi connectivity index (χ4v) is 2.64. The molecule has 1 rings (SSSR count). The summed E-state index contributed by atoms with van der Waals surface area (Å²) < 4.78 is 25.4. The van der Waals surface area contributed by atoms with Gasteiger partial charge in [-0.25, -0.2) is 0 Å². The van der Waals surface area contributed by atoms with E-state index in [0.29, 0.717) is 13.0 Å². The van der Waals surface area contributed by atoms with Crippen molar-refractivity contribution in [1.29, 1.82) is 0 Å². The SMILES string of the molecule is C=P(O)(OC)OCC1OCCC1OP(=C)(O)OC. The van der Waals surface area contributed by atoms with Crippen LogP contribution < -0.4 is 0 Å². The molecule has 1 aliphatic rings. The van der Waals surface area contributed by atoms with Gasteiger partial charge >= 0.3 is 0 Å². The predicted octanol–water partition coefficient (Wildman–Crippen LogP) is 0.844. The largest absolute Gasteiger partial charge is 0.373 e. The molecule has 4 atom stereocenters. The van der Waals surface area contributed by atoms with Crippen LogP contribution in [0.5, 0.6) is 0 Å². The molecular weight excluding hydrogens is 282 g/mol. The average Bonchev–Trinajstić information content (AvgIpc) is 2.73. The maximum absolute atomic E-state index is 9.66. The summed E-state index contributed by atoms with van der Waals surface area (Å²) in [5, 5.41) is 0. The predicted molar refractivity (Wildman–Crippen MR) is 71.7 cm³/mol.